The molecule has 0 aliphatic carbocycles. The highest BCUT2D eigenvalue weighted by atomic mass is 32.1. The number of pyridine rings is 1. The molecule has 3 aliphatic heterocycles. The summed E-state index contributed by atoms with van der Waals surface area (Å²) in [5, 5.41) is 14.6. The number of anilines is 1. The van der Waals surface area contributed by atoms with E-state index in [9.17, 15) is 36.6 Å². The van der Waals surface area contributed by atoms with Gasteiger partial charge in [-0.05, 0) is 38.2 Å². The van der Waals surface area contributed by atoms with Crippen molar-refractivity contribution in [1.29, 1.82) is 0 Å². The van der Waals surface area contributed by atoms with Crippen molar-refractivity contribution in [1.82, 2.24) is 20.2 Å². The van der Waals surface area contributed by atoms with Gasteiger partial charge in [-0.2, -0.15) is 13.2 Å². The molecule has 0 aromatic carbocycles. The molecule has 218 valence electrons. The highest BCUT2D eigenvalue weighted by Gasteiger charge is 2.44. The lowest BCUT2D eigenvalue weighted by molar-refractivity contribution is -0.142. The summed E-state index contributed by atoms with van der Waals surface area (Å²) in [5.41, 5.74) is -1.04. The molecule has 0 saturated carbocycles. The van der Waals surface area contributed by atoms with Crippen molar-refractivity contribution in [3.05, 3.63) is 28.5 Å². The molecular formula is C25H28F5N5O4S. The Morgan fingerprint density at radius 1 is 1.20 bits per heavy atom. The summed E-state index contributed by atoms with van der Waals surface area (Å²) in [5.74, 6) is -1.61. The Labute approximate surface area is 230 Å². The Balaban J connectivity index is 1.53. The first-order chi connectivity index (χ1) is 19.0. The van der Waals surface area contributed by atoms with Gasteiger partial charge in [0, 0.05) is 29.4 Å². The van der Waals surface area contributed by atoms with Crippen molar-refractivity contribution < 1.29 is 41.4 Å². The molecule has 5 rings (SSSR count). The first-order valence-electron chi connectivity index (χ1n) is 13.0. The monoisotopic (exact) mass is 589 g/mol. The third kappa shape index (κ3) is 5.50. The molecule has 0 spiro atoms. The number of halogens is 5. The van der Waals surface area contributed by atoms with Crippen LogP contribution in [0.5, 0.6) is 0 Å². The molecule has 2 bridgehead atoms. The van der Waals surface area contributed by atoms with Crippen LogP contribution in [0.25, 0.3) is 10.4 Å². The van der Waals surface area contributed by atoms with Gasteiger partial charge in [0.1, 0.15) is 17.6 Å². The van der Waals surface area contributed by atoms with Crippen molar-refractivity contribution >= 4 is 29.0 Å². The van der Waals surface area contributed by atoms with Crippen LogP contribution in [0.3, 0.4) is 0 Å². The van der Waals surface area contributed by atoms with Gasteiger partial charge >= 0.3 is 6.18 Å². The molecule has 0 radical (unpaired) electrons. The highest BCUT2D eigenvalue weighted by Crippen LogP contribution is 2.42. The molecule has 3 atom stereocenters. The van der Waals surface area contributed by atoms with Gasteiger partial charge in [0.05, 0.1) is 30.2 Å². The minimum absolute atomic E-state index is 0.0114. The third-order valence-corrected chi connectivity index (χ3v) is 8.71. The molecule has 3 aliphatic rings. The van der Waals surface area contributed by atoms with Crippen molar-refractivity contribution in [2.24, 2.45) is 0 Å². The van der Waals surface area contributed by atoms with Gasteiger partial charge in [-0.25, -0.2) is 18.7 Å². The van der Waals surface area contributed by atoms with Crippen LogP contribution in [-0.4, -0.2) is 81.5 Å². The summed E-state index contributed by atoms with van der Waals surface area (Å²) >= 11 is 0.709. The number of thiazole rings is 1. The number of aromatic nitrogens is 2. The number of aliphatic hydroxyl groups excluding tert-OH is 1. The maximum absolute atomic E-state index is 14.3. The number of hydrogen-bond donors (Lipinski definition) is 3. The second-order valence-corrected chi connectivity index (χ2v) is 11.2. The number of nitrogens with zero attached hydrogens (tertiary/aromatic N) is 3. The summed E-state index contributed by atoms with van der Waals surface area (Å²) in [7, 11) is 0. The quantitative estimate of drug-likeness (QED) is 0.396. The number of nitrogens with one attached hydrogen (secondary N) is 2. The van der Waals surface area contributed by atoms with Crippen LogP contribution in [0, 0.1) is 0 Å². The van der Waals surface area contributed by atoms with E-state index in [0.29, 0.717) is 11.3 Å². The lowest BCUT2D eigenvalue weighted by Crippen LogP contribution is -2.42. The number of alkyl halides is 5. The number of fused-ring (bicyclic) bond motifs is 2. The van der Waals surface area contributed by atoms with Crippen molar-refractivity contribution in [2.75, 3.05) is 18.5 Å². The zero-order valence-corrected chi connectivity index (χ0v) is 22.2. The van der Waals surface area contributed by atoms with Gasteiger partial charge in [0.15, 0.2) is 5.01 Å². The summed E-state index contributed by atoms with van der Waals surface area (Å²) in [6.45, 7) is 1.41. The first kappa shape index (κ1) is 28.6. The summed E-state index contributed by atoms with van der Waals surface area (Å²) in [4.78, 5) is 36.6. The third-order valence-electron chi connectivity index (χ3n) is 7.62. The summed E-state index contributed by atoms with van der Waals surface area (Å²) < 4.78 is 73.5. The fourth-order valence-electron chi connectivity index (χ4n) is 5.54. The molecule has 3 fully saturated rings. The molecule has 40 heavy (non-hydrogen) atoms. The Morgan fingerprint density at radius 3 is 2.42 bits per heavy atom. The second kappa shape index (κ2) is 11.2. The van der Waals surface area contributed by atoms with E-state index in [1.165, 1.54) is 6.92 Å². The smallest absolute Gasteiger partial charge is 0.388 e. The average Bonchev–Trinajstić information content (AvgIpc) is 3.70. The van der Waals surface area contributed by atoms with Crippen LogP contribution in [0.15, 0.2) is 12.3 Å². The number of ether oxygens (including phenoxy) is 1. The normalized spacial score (nSPS) is 25.1. The highest BCUT2D eigenvalue weighted by molar-refractivity contribution is 7.17. The Kier molecular flexibility index (Phi) is 7.99. The van der Waals surface area contributed by atoms with E-state index in [1.54, 1.807) is 4.90 Å². The van der Waals surface area contributed by atoms with E-state index in [1.807, 2.05) is 0 Å². The summed E-state index contributed by atoms with van der Waals surface area (Å²) in [6, 6.07) is -1.90. The van der Waals surface area contributed by atoms with Crippen molar-refractivity contribution in [3.8, 4) is 10.4 Å². The molecule has 2 aromatic heterocycles. The van der Waals surface area contributed by atoms with Crippen LogP contribution in [0.2, 0.25) is 0 Å². The van der Waals surface area contributed by atoms with E-state index in [2.05, 4.69) is 20.6 Å². The van der Waals surface area contributed by atoms with Crippen molar-refractivity contribution in [2.45, 2.75) is 81.9 Å². The van der Waals surface area contributed by atoms with Crippen molar-refractivity contribution in [3.63, 3.8) is 0 Å². The predicted octanol–water partition coefficient (Wildman–Crippen LogP) is 4.15. The fourth-order valence-corrected chi connectivity index (χ4v) is 6.53. The molecule has 3 saturated heterocycles. The fraction of sp³-hybridized carbons (Fsp3) is 0.600. The molecule has 9 nitrogen and oxygen atoms in total. The topological polar surface area (TPSA) is 117 Å². The minimum atomic E-state index is -4.62. The second-order valence-electron chi connectivity index (χ2n) is 10.2. The van der Waals surface area contributed by atoms with Gasteiger partial charge in [-0.1, -0.05) is 6.92 Å². The van der Waals surface area contributed by atoms with Gasteiger partial charge in [0.2, 0.25) is 0 Å². The molecule has 0 unspecified atom stereocenters. The maximum atomic E-state index is 14.3. The van der Waals surface area contributed by atoms with E-state index >= 15 is 0 Å². The van der Waals surface area contributed by atoms with Crippen LogP contribution in [0.4, 0.5) is 27.8 Å². The van der Waals surface area contributed by atoms with Gasteiger partial charge < -0.3 is 25.4 Å². The van der Waals surface area contributed by atoms with Gasteiger partial charge in [-0.15, -0.1) is 11.3 Å². The lowest BCUT2D eigenvalue weighted by atomic mass is 10.0. The summed E-state index contributed by atoms with van der Waals surface area (Å²) in [6.07, 6.45) is -4.81. The van der Waals surface area contributed by atoms with Gasteiger partial charge in [-0.3, -0.25) is 9.59 Å². The minimum Gasteiger partial charge on any atom is -0.388 e. The number of carbonyl (C=O) groups is 2. The molecular weight excluding hydrogens is 561 g/mol. The number of carbonyl (C=O) groups excluding carboxylic acids is 2. The Bertz CT molecular complexity index is 1250. The zero-order chi connectivity index (χ0) is 28.8. The number of amides is 2. The average molecular weight is 590 g/mol. The largest absolute Gasteiger partial charge is 0.408 e. The maximum Gasteiger partial charge on any atom is 0.408 e. The number of hydrogen-bond acceptors (Lipinski definition) is 8. The standard InChI is InChI=1S/C25H28F5N5O4S/c1-2-17(25(28,29)30)33-18-7-13(21(26)27)14(8-31-18)20-19(24(38)35-11-3-4-12(35)6-5-11)34-23(40-20)22(37)32-15-9-39-10-16(15)36/h7-8,11-12,15-17,21,36H,2-6,9-10H2,1H3,(H,31,33)(H,32,37)/t11?,12?,15-,16-,17-/m0/s1. The van der Waals surface area contributed by atoms with E-state index in [4.69, 9.17) is 4.74 Å². The number of aliphatic hydroxyl groups is 1. The van der Waals surface area contributed by atoms with Crippen LogP contribution < -0.4 is 10.6 Å². The van der Waals surface area contributed by atoms with Crippen LogP contribution in [-0.2, 0) is 4.74 Å². The Hall–Kier alpha value is -2.91. The lowest BCUT2D eigenvalue weighted by Gasteiger charge is -2.22. The molecule has 2 aromatic rings. The van der Waals surface area contributed by atoms with Gasteiger partial charge in [0.25, 0.3) is 18.2 Å². The molecule has 5 heterocycles. The van der Waals surface area contributed by atoms with E-state index in [0.717, 1.165) is 37.9 Å². The van der Waals surface area contributed by atoms with E-state index < -0.39 is 54.0 Å². The first-order valence-corrected chi connectivity index (χ1v) is 13.8. The molecule has 2 amide bonds. The van der Waals surface area contributed by atoms with Crippen LogP contribution in [0.1, 0.15) is 71.3 Å². The SMILES string of the molecule is CC[C@H](Nc1cc(C(F)F)c(-c2sc(C(=O)N[C@H]3COC[C@@H]3O)nc2C(=O)N2C3CCC2CC3)cn1)C(F)(F)F. The predicted molar refractivity (Wildman–Crippen MR) is 134 cm³/mol. The zero-order valence-electron chi connectivity index (χ0n) is 21.4. The molecule has 3 N–H and O–H groups in total. The van der Waals surface area contributed by atoms with E-state index in [-0.39, 0.29) is 52.9 Å². The van der Waals surface area contributed by atoms with Crippen LogP contribution >= 0.6 is 11.3 Å². The Morgan fingerprint density at radius 2 is 1.88 bits per heavy atom. The molecule has 15 heteroatoms. The number of rotatable bonds is 8.